The van der Waals surface area contributed by atoms with Gasteiger partial charge >= 0.3 is 0 Å². The Balaban J connectivity index is 3.34. The summed E-state index contributed by atoms with van der Waals surface area (Å²) in [4.78, 5) is 3.56. The lowest BCUT2D eigenvalue weighted by atomic mass is 10.2. The second kappa shape index (κ2) is 4.98. The lowest BCUT2D eigenvalue weighted by molar-refractivity contribution is 0.146. The number of hydrogen-bond donors (Lipinski definition) is 0. The van der Waals surface area contributed by atoms with Crippen LogP contribution in [0.5, 0.6) is 0 Å². The highest BCUT2D eigenvalue weighted by Crippen LogP contribution is 2.24. The number of rotatable bonds is 2. The molecule has 14 heavy (non-hydrogen) atoms. The maximum absolute atomic E-state index is 12.3. The van der Waals surface area contributed by atoms with Crippen molar-refractivity contribution in [1.82, 2.24) is 4.98 Å². The van der Waals surface area contributed by atoms with Crippen LogP contribution in [0.15, 0.2) is 6.07 Å². The number of nitrogens with zero attached hydrogens (tertiary/aromatic N) is 2. The molecule has 0 aliphatic rings. The number of alkyl halides is 3. The van der Waals surface area contributed by atoms with E-state index in [4.69, 9.17) is 5.26 Å². The molecule has 0 radical (unpaired) electrons. The summed E-state index contributed by atoms with van der Waals surface area (Å²) in [5.74, 6) is 0. The lowest BCUT2D eigenvalue weighted by Gasteiger charge is -2.05. The van der Waals surface area contributed by atoms with Gasteiger partial charge in [-0.15, -0.1) is 0 Å². The van der Waals surface area contributed by atoms with Crippen molar-refractivity contribution in [1.29, 1.82) is 5.26 Å². The van der Waals surface area contributed by atoms with Gasteiger partial charge in [-0.1, -0.05) is 15.9 Å². The summed E-state index contributed by atoms with van der Waals surface area (Å²) in [5.41, 5.74) is 0.363. The van der Waals surface area contributed by atoms with E-state index in [2.05, 4.69) is 20.9 Å². The SMILES string of the molecule is N#Cc1nc(C(F)F)cc(CBr)c1I. The third-order valence-corrected chi connectivity index (χ3v) is 3.33. The van der Waals surface area contributed by atoms with Crippen molar-refractivity contribution in [2.45, 2.75) is 11.8 Å². The van der Waals surface area contributed by atoms with Gasteiger partial charge in [0.15, 0.2) is 5.69 Å². The van der Waals surface area contributed by atoms with Crippen molar-refractivity contribution < 1.29 is 8.78 Å². The molecular formula is C8H4BrF2IN2. The summed E-state index contributed by atoms with van der Waals surface area (Å²) in [6.07, 6.45) is -2.64. The number of nitriles is 1. The molecule has 0 bridgehead atoms. The lowest BCUT2D eigenvalue weighted by Crippen LogP contribution is -2.00. The second-order valence-corrected chi connectivity index (χ2v) is 4.05. The van der Waals surface area contributed by atoms with Crippen LogP contribution >= 0.6 is 38.5 Å². The predicted molar refractivity (Wildman–Crippen MR) is 59.3 cm³/mol. The molecule has 0 aliphatic carbocycles. The van der Waals surface area contributed by atoms with Crippen molar-refractivity contribution in [2.75, 3.05) is 0 Å². The Morgan fingerprint density at radius 3 is 2.71 bits per heavy atom. The summed E-state index contributed by atoms with van der Waals surface area (Å²) in [6, 6.07) is 3.10. The van der Waals surface area contributed by atoms with E-state index in [0.29, 0.717) is 14.5 Å². The molecule has 2 nitrogen and oxygen atoms in total. The van der Waals surface area contributed by atoms with Crippen LogP contribution in [0, 0.1) is 14.9 Å². The van der Waals surface area contributed by atoms with Crippen LogP contribution in [0.4, 0.5) is 8.78 Å². The molecule has 0 amide bonds. The van der Waals surface area contributed by atoms with Gasteiger partial charge in [-0.25, -0.2) is 13.8 Å². The van der Waals surface area contributed by atoms with Crippen LogP contribution in [-0.2, 0) is 5.33 Å². The minimum Gasteiger partial charge on any atom is -0.235 e. The summed E-state index contributed by atoms with van der Waals surface area (Å²) in [5, 5.41) is 9.10. The summed E-state index contributed by atoms with van der Waals surface area (Å²) < 4.78 is 25.3. The molecule has 0 aliphatic heterocycles. The van der Waals surface area contributed by atoms with Crippen LogP contribution in [0.2, 0.25) is 0 Å². The van der Waals surface area contributed by atoms with Crippen LogP contribution in [0.3, 0.4) is 0 Å². The van der Waals surface area contributed by atoms with E-state index in [1.807, 2.05) is 22.6 Å². The van der Waals surface area contributed by atoms with E-state index in [1.54, 1.807) is 6.07 Å². The molecule has 1 rings (SSSR count). The molecule has 0 fully saturated rings. The number of hydrogen-bond acceptors (Lipinski definition) is 2. The van der Waals surface area contributed by atoms with Gasteiger partial charge < -0.3 is 0 Å². The first kappa shape index (κ1) is 11.8. The minimum atomic E-state index is -2.64. The van der Waals surface area contributed by atoms with Crippen LogP contribution in [-0.4, -0.2) is 4.98 Å². The molecule has 0 saturated carbocycles. The highest BCUT2D eigenvalue weighted by Gasteiger charge is 2.15. The van der Waals surface area contributed by atoms with Crippen molar-refractivity contribution >= 4 is 38.5 Å². The van der Waals surface area contributed by atoms with E-state index < -0.39 is 6.43 Å². The van der Waals surface area contributed by atoms with Crippen LogP contribution < -0.4 is 0 Å². The molecule has 0 unspecified atom stereocenters. The van der Waals surface area contributed by atoms with E-state index in [1.165, 1.54) is 6.07 Å². The Hall–Kier alpha value is -0.290. The van der Waals surface area contributed by atoms with Gasteiger partial charge in [0.1, 0.15) is 11.8 Å². The first-order valence-corrected chi connectivity index (χ1v) is 5.73. The summed E-state index contributed by atoms with van der Waals surface area (Å²) in [6.45, 7) is 0. The monoisotopic (exact) mass is 372 g/mol. The zero-order chi connectivity index (χ0) is 10.7. The maximum Gasteiger partial charge on any atom is 0.280 e. The van der Waals surface area contributed by atoms with Gasteiger partial charge in [-0.05, 0) is 34.2 Å². The average molecular weight is 373 g/mol. The summed E-state index contributed by atoms with van der Waals surface area (Å²) in [7, 11) is 0. The Morgan fingerprint density at radius 1 is 1.64 bits per heavy atom. The molecule has 74 valence electrons. The Kier molecular flexibility index (Phi) is 4.19. The van der Waals surface area contributed by atoms with Gasteiger partial charge in [-0.3, -0.25) is 0 Å². The summed E-state index contributed by atoms with van der Waals surface area (Å²) >= 11 is 5.09. The zero-order valence-electron chi connectivity index (χ0n) is 6.77. The molecule has 1 aromatic rings. The van der Waals surface area contributed by atoms with E-state index >= 15 is 0 Å². The Bertz CT molecular complexity index is 390. The molecule has 1 aromatic heterocycles. The van der Waals surface area contributed by atoms with Gasteiger partial charge in [0.2, 0.25) is 0 Å². The Morgan fingerprint density at radius 2 is 2.29 bits per heavy atom. The van der Waals surface area contributed by atoms with Crippen molar-refractivity contribution in [3.8, 4) is 6.07 Å². The van der Waals surface area contributed by atoms with Crippen molar-refractivity contribution in [2.24, 2.45) is 0 Å². The maximum atomic E-state index is 12.3. The topological polar surface area (TPSA) is 36.7 Å². The largest absolute Gasteiger partial charge is 0.280 e. The molecular weight excluding hydrogens is 369 g/mol. The van der Waals surface area contributed by atoms with E-state index in [0.717, 1.165) is 0 Å². The molecule has 6 heteroatoms. The average Bonchev–Trinajstić information content (AvgIpc) is 2.17. The number of aromatic nitrogens is 1. The first-order valence-electron chi connectivity index (χ1n) is 3.53. The predicted octanol–water partition coefficient (Wildman–Crippen LogP) is 3.39. The fourth-order valence-electron chi connectivity index (χ4n) is 0.888. The number of pyridine rings is 1. The standard InChI is InChI=1S/C8H4BrF2IN2/c9-2-4-1-5(8(10)11)14-6(3-13)7(4)12/h1,8H,2H2. The van der Waals surface area contributed by atoms with Crippen molar-refractivity contribution in [3.63, 3.8) is 0 Å². The van der Waals surface area contributed by atoms with Gasteiger partial charge in [0.25, 0.3) is 6.43 Å². The smallest absolute Gasteiger partial charge is 0.235 e. The second-order valence-electron chi connectivity index (χ2n) is 2.41. The van der Waals surface area contributed by atoms with Crippen molar-refractivity contribution in [3.05, 3.63) is 26.6 Å². The molecule has 0 saturated heterocycles. The first-order chi connectivity index (χ1) is 6.60. The fraction of sp³-hybridized carbons (Fsp3) is 0.250. The van der Waals surface area contributed by atoms with Gasteiger partial charge in [0.05, 0.1) is 3.57 Å². The van der Waals surface area contributed by atoms with E-state index in [-0.39, 0.29) is 11.4 Å². The molecule has 0 atom stereocenters. The molecule has 0 aromatic carbocycles. The zero-order valence-corrected chi connectivity index (χ0v) is 10.5. The van der Waals surface area contributed by atoms with Crippen LogP contribution in [0.1, 0.15) is 23.4 Å². The fourth-order valence-corrected chi connectivity index (χ4v) is 2.44. The third-order valence-electron chi connectivity index (χ3n) is 1.53. The van der Waals surface area contributed by atoms with Gasteiger partial charge in [-0.2, -0.15) is 5.26 Å². The number of halogens is 4. The highest BCUT2D eigenvalue weighted by molar-refractivity contribution is 14.1. The highest BCUT2D eigenvalue weighted by atomic mass is 127. The quantitative estimate of drug-likeness (QED) is 0.589. The molecule has 1 heterocycles. The van der Waals surface area contributed by atoms with E-state index in [9.17, 15) is 8.78 Å². The third kappa shape index (κ3) is 2.39. The molecule has 0 spiro atoms. The Labute approximate surface area is 102 Å². The van der Waals surface area contributed by atoms with Crippen LogP contribution in [0.25, 0.3) is 0 Å². The molecule has 0 N–H and O–H groups in total. The van der Waals surface area contributed by atoms with Gasteiger partial charge in [0, 0.05) is 5.33 Å². The normalized spacial score (nSPS) is 10.3. The minimum absolute atomic E-state index is 0.0536.